The highest BCUT2D eigenvalue weighted by Gasteiger charge is 2.39. The molecular formula is C13H15N3O2. The number of nitrogens with zero attached hydrogens (tertiary/aromatic N) is 2. The molecule has 1 atom stereocenters. The van der Waals surface area contributed by atoms with Crippen LogP contribution in [0.4, 0.5) is 0 Å². The molecule has 1 aromatic heterocycles. The van der Waals surface area contributed by atoms with Crippen LogP contribution in [0.2, 0.25) is 0 Å². The SMILES string of the molecule is CNC(Cn1ccnc1)(C(=O)O)c1ccccc1. The first-order valence-electron chi connectivity index (χ1n) is 5.62. The number of carboxylic acid groups (broad SMARTS) is 1. The maximum absolute atomic E-state index is 11.7. The third kappa shape index (κ3) is 2.12. The van der Waals surface area contributed by atoms with Crippen molar-refractivity contribution in [2.75, 3.05) is 7.05 Å². The van der Waals surface area contributed by atoms with Crippen molar-refractivity contribution in [1.29, 1.82) is 0 Å². The molecule has 2 N–H and O–H groups in total. The number of aliphatic carboxylic acids is 1. The Bertz CT molecular complexity index is 510. The predicted molar refractivity (Wildman–Crippen MR) is 67.0 cm³/mol. The Morgan fingerprint density at radius 3 is 2.67 bits per heavy atom. The second-order valence-electron chi connectivity index (χ2n) is 4.06. The number of imidazole rings is 1. The number of benzene rings is 1. The summed E-state index contributed by atoms with van der Waals surface area (Å²) >= 11 is 0. The zero-order valence-electron chi connectivity index (χ0n) is 10.1. The normalized spacial score (nSPS) is 14.1. The molecule has 0 radical (unpaired) electrons. The van der Waals surface area contributed by atoms with Crippen molar-refractivity contribution in [3.8, 4) is 0 Å². The summed E-state index contributed by atoms with van der Waals surface area (Å²) in [4.78, 5) is 15.6. The van der Waals surface area contributed by atoms with Crippen LogP contribution in [-0.4, -0.2) is 27.7 Å². The Kier molecular flexibility index (Phi) is 3.43. The Balaban J connectivity index is 2.43. The lowest BCUT2D eigenvalue weighted by Gasteiger charge is -2.29. The third-order valence-corrected chi connectivity index (χ3v) is 3.04. The molecule has 0 aliphatic rings. The molecule has 0 spiro atoms. The van der Waals surface area contributed by atoms with E-state index < -0.39 is 11.5 Å². The molecule has 1 unspecified atom stereocenters. The van der Waals surface area contributed by atoms with Crippen molar-refractivity contribution in [1.82, 2.24) is 14.9 Å². The molecule has 0 saturated heterocycles. The lowest BCUT2D eigenvalue weighted by molar-refractivity contribution is -0.145. The van der Waals surface area contributed by atoms with Gasteiger partial charge in [-0.2, -0.15) is 0 Å². The van der Waals surface area contributed by atoms with Gasteiger partial charge < -0.3 is 9.67 Å². The van der Waals surface area contributed by atoms with E-state index in [0.29, 0.717) is 5.56 Å². The molecule has 0 aliphatic carbocycles. The number of hydrogen-bond acceptors (Lipinski definition) is 3. The molecule has 94 valence electrons. The molecule has 0 amide bonds. The summed E-state index contributed by atoms with van der Waals surface area (Å²) in [5.74, 6) is -0.912. The van der Waals surface area contributed by atoms with Crippen LogP contribution in [0.25, 0.3) is 0 Å². The van der Waals surface area contributed by atoms with E-state index in [9.17, 15) is 9.90 Å². The largest absolute Gasteiger partial charge is 0.480 e. The van der Waals surface area contributed by atoms with Crippen molar-refractivity contribution in [3.63, 3.8) is 0 Å². The van der Waals surface area contributed by atoms with E-state index in [2.05, 4.69) is 10.3 Å². The summed E-state index contributed by atoms with van der Waals surface area (Å²) in [6.45, 7) is 0.281. The van der Waals surface area contributed by atoms with Crippen molar-refractivity contribution >= 4 is 5.97 Å². The minimum absolute atomic E-state index is 0.281. The fourth-order valence-corrected chi connectivity index (χ4v) is 1.99. The van der Waals surface area contributed by atoms with Gasteiger partial charge in [-0.1, -0.05) is 30.3 Å². The van der Waals surface area contributed by atoms with Crippen LogP contribution in [0.5, 0.6) is 0 Å². The van der Waals surface area contributed by atoms with E-state index in [1.54, 1.807) is 30.3 Å². The highest BCUT2D eigenvalue weighted by molar-refractivity contribution is 5.80. The molecule has 18 heavy (non-hydrogen) atoms. The number of carboxylic acids is 1. The standard InChI is InChI=1S/C13H15N3O2/c1-14-13(12(17)18,9-16-8-7-15-10-16)11-5-3-2-4-6-11/h2-8,10,14H,9H2,1H3,(H,17,18). The van der Waals surface area contributed by atoms with Crippen molar-refractivity contribution in [2.45, 2.75) is 12.1 Å². The van der Waals surface area contributed by atoms with Gasteiger partial charge in [0.2, 0.25) is 0 Å². The molecule has 2 aromatic rings. The monoisotopic (exact) mass is 245 g/mol. The zero-order chi connectivity index (χ0) is 13.0. The van der Waals surface area contributed by atoms with Crippen molar-refractivity contribution in [2.24, 2.45) is 0 Å². The molecule has 5 nitrogen and oxygen atoms in total. The molecule has 0 fully saturated rings. The topological polar surface area (TPSA) is 67.2 Å². The first kappa shape index (κ1) is 12.3. The van der Waals surface area contributed by atoms with Gasteiger partial charge in [-0.25, -0.2) is 9.78 Å². The lowest BCUT2D eigenvalue weighted by Crippen LogP contribution is -2.50. The van der Waals surface area contributed by atoms with E-state index in [0.717, 1.165) is 0 Å². The van der Waals surface area contributed by atoms with Crippen LogP contribution in [0.15, 0.2) is 49.1 Å². The molecule has 2 rings (SSSR count). The maximum atomic E-state index is 11.7. The van der Waals surface area contributed by atoms with E-state index in [1.807, 2.05) is 30.3 Å². The van der Waals surface area contributed by atoms with Crippen LogP contribution in [-0.2, 0) is 16.9 Å². The number of rotatable bonds is 5. The first-order valence-corrected chi connectivity index (χ1v) is 5.62. The summed E-state index contributed by atoms with van der Waals surface area (Å²) in [6, 6.07) is 9.14. The van der Waals surface area contributed by atoms with Gasteiger partial charge in [-0.15, -0.1) is 0 Å². The van der Waals surface area contributed by atoms with Gasteiger partial charge in [0, 0.05) is 12.4 Å². The Morgan fingerprint density at radius 2 is 2.17 bits per heavy atom. The van der Waals surface area contributed by atoms with E-state index >= 15 is 0 Å². The van der Waals surface area contributed by atoms with Crippen LogP contribution < -0.4 is 5.32 Å². The molecule has 0 aliphatic heterocycles. The molecular weight excluding hydrogens is 230 g/mol. The predicted octanol–water partition coefficient (Wildman–Crippen LogP) is 1.08. The number of likely N-dealkylation sites (N-methyl/N-ethyl adjacent to an activating group) is 1. The first-order chi connectivity index (χ1) is 8.69. The van der Waals surface area contributed by atoms with Crippen LogP contribution >= 0.6 is 0 Å². The van der Waals surface area contributed by atoms with Crippen LogP contribution in [0, 0.1) is 0 Å². The average molecular weight is 245 g/mol. The maximum Gasteiger partial charge on any atom is 0.330 e. The van der Waals surface area contributed by atoms with E-state index in [4.69, 9.17) is 0 Å². The molecule has 1 heterocycles. The number of hydrogen-bond donors (Lipinski definition) is 2. The van der Waals surface area contributed by atoms with Gasteiger partial charge in [0.15, 0.2) is 5.54 Å². The van der Waals surface area contributed by atoms with Gasteiger partial charge in [0.25, 0.3) is 0 Å². The summed E-state index contributed by atoms with van der Waals surface area (Å²) < 4.78 is 1.75. The van der Waals surface area contributed by atoms with E-state index in [-0.39, 0.29) is 6.54 Å². The van der Waals surface area contributed by atoms with Crippen LogP contribution in [0.1, 0.15) is 5.56 Å². The highest BCUT2D eigenvalue weighted by atomic mass is 16.4. The van der Waals surface area contributed by atoms with Crippen LogP contribution in [0.3, 0.4) is 0 Å². The summed E-state index contributed by atoms with van der Waals surface area (Å²) in [7, 11) is 1.65. The minimum Gasteiger partial charge on any atom is -0.480 e. The van der Waals surface area contributed by atoms with Gasteiger partial charge in [-0.3, -0.25) is 5.32 Å². The van der Waals surface area contributed by atoms with E-state index in [1.165, 1.54) is 0 Å². The molecule has 5 heteroatoms. The lowest BCUT2D eigenvalue weighted by atomic mass is 9.90. The van der Waals surface area contributed by atoms with Gasteiger partial charge in [0.1, 0.15) is 0 Å². The number of carbonyl (C=O) groups is 1. The summed E-state index contributed by atoms with van der Waals surface area (Å²) in [5, 5.41) is 12.5. The number of nitrogens with one attached hydrogen (secondary N) is 1. The van der Waals surface area contributed by atoms with Gasteiger partial charge >= 0.3 is 5.97 Å². The fourth-order valence-electron chi connectivity index (χ4n) is 1.99. The van der Waals surface area contributed by atoms with Crippen molar-refractivity contribution < 1.29 is 9.90 Å². The third-order valence-electron chi connectivity index (χ3n) is 3.04. The second kappa shape index (κ2) is 5.01. The number of aromatic nitrogens is 2. The Labute approximate surface area is 105 Å². The summed E-state index contributed by atoms with van der Waals surface area (Å²) in [6.07, 6.45) is 4.99. The zero-order valence-corrected chi connectivity index (χ0v) is 10.1. The fraction of sp³-hybridized carbons (Fsp3) is 0.231. The molecule has 0 bridgehead atoms. The van der Waals surface area contributed by atoms with Crippen molar-refractivity contribution in [3.05, 3.63) is 54.6 Å². The minimum atomic E-state index is -1.15. The van der Waals surface area contributed by atoms with Gasteiger partial charge in [-0.05, 0) is 12.6 Å². The molecule has 0 saturated carbocycles. The molecule has 1 aromatic carbocycles. The Hall–Kier alpha value is -2.14. The average Bonchev–Trinajstić information content (AvgIpc) is 2.89. The van der Waals surface area contributed by atoms with Gasteiger partial charge in [0.05, 0.1) is 12.9 Å². The quantitative estimate of drug-likeness (QED) is 0.827. The Morgan fingerprint density at radius 1 is 1.44 bits per heavy atom. The second-order valence-corrected chi connectivity index (χ2v) is 4.06. The smallest absolute Gasteiger partial charge is 0.330 e. The highest BCUT2D eigenvalue weighted by Crippen LogP contribution is 2.23. The summed E-state index contributed by atoms with van der Waals surface area (Å²) in [5.41, 5.74) is -0.434.